The number of para-hydroxylation sites is 1. The van der Waals surface area contributed by atoms with Crippen LogP contribution >= 0.6 is 0 Å². The summed E-state index contributed by atoms with van der Waals surface area (Å²) in [7, 11) is 0. The van der Waals surface area contributed by atoms with Crippen LogP contribution in [0, 0.1) is 13.8 Å². The third-order valence-corrected chi connectivity index (χ3v) is 4.07. The van der Waals surface area contributed by atoms with E-state index in [-0.39, 0.29) is 11.5 Å². The first kappa shape index (κ1) is 16.8. The highest BCUT2D eigenvalue weighted by Crippen LogP contribution is 2.07. The number of nitrogens with zero attached hydrogens (tertiary/aromatic N) is 3. The van der Waals surface area contributed by atoms with Crippen LogP contribution in [0.1, 0.15) is 28.3 Å². The molecule has 1 N–H and O–H groups in total. The monoisotopic (exact) mass is 336 g/mol. The Bertz CT molecular complexity index is 961. The summed E-state index contributed by atoms with van der Waals surface area (Å²) in [6, 6.07) is 10.9. The quantitative estimate of drug-likeness (QED) is 0.725. The molecule has 0 bridgehead atoms. The lowest BCUT2D eigenvalue weighted by Crippen LogP contribution is -2.28. The molecular formula is C19H20N4O2. The highest BCUT2D eigenvalue weighted by atomic mass is 16.1. The van der Waals surface area contributed by atoms with E-state index in [4.69, 9.17) is 0 Å². The molecule has 0 aliphatic rings. The summed E-state index contributed by atoms with van der Waals surface area (Å²) in [5.74, 6) is 0.519. The summed E-state index contributed by atoms with van der Waals surface area (Å²) in [6.07, 6.45) is 2.21. The molecule has 3 aromatic rings. The van der Waals surface area contributed by atoms with Crippen molar-refractivity contribution in [3.63, 3.8) is 0 Å². The van der Waals surface area contributed by atoms with E-state index in [0.717, 1.165) is 5.69 Å². The largest absolute Gasteiger partial charge is 0.352 e. The highest BCUT2D eigenvalue weighted by molar-refractivity contribution is 5.93. The van der Waals surface area contributed by atoms with Gasteiger partial charge in [0.25, 0.3) is 11.5 Å². The van der Waals surface area contributed by atoms with Gasteiger partial charge in [0, 0.05) is 25.0 Å². The van der Waals surface area contributed by atoms with Gasteiger partial charge in [0.05, 0.1) is 16.5 Å². The van der Waals surface area contributed by atoms with Crippen LogP contribution in [0.5, 0.6) is 0 Å². The highest BCUT2D eigenvalue weighted by Gasteiger charge is 2.08. The minimum atomic E-state index is -0.159. The molecule has 0 spiro atoms. The Kier molecular flexibility index (Phi) is 4.88. The number of hydrogen-bond acceptors (Lipinski definition) is 4. The molecule has 0 aliphatic carbocycles. The molecule has 2 heterocycles. The van der Waals surface area contributed by atoms with E-state index in [1.807, 2.05) is 32.0 Å². The van der Waals surface area contributed by atoms with Crippen molar-refractivity contribution < 1.29 is 4.79 Å². The number of aryl methyl sites for hydroxylation is 2. The number of fused-ring (bicyclic) bond motifs is 1. The smallest absolute Gasteiger partial charge is 0.261 e. The Morgan fingerprint density at radius 1 is 1.16 bits per heavy atom. The van der Waals surface area contributed by atoms with Gasteiger partial charge in [-0.05, 0) is 44.5 Å². The number of benzene rings is 1. The Hall–Kier alpha value is -3.02. The van der Waals surface area contributed by atoms with Crippen LogP contribution in [0.15, 0.2) is 47.4 Å². The van der Waals surface area contributed by atoms with Gasteiger partial charge in [0.1, 0.15) is 5.82 Å². The maximum Gasteiger partial charge on any atom is 0.261 e. The first-order valence-electron chi connectivity index (χ1n) is 8.23. The molecule has 1 amide bonds. The minimum Gasteiger partial charge on any atom is -0.352 e. The Morgan fingerprint density at radius 2 is 1.96 bits per heavy atom. The topological polar surface area (TPSA) is 76.9 Å². The molecule has 0 fully saturated rings. The zero-order valence-corrected chi connectivity index (χ0v) is 14.3. The number of hydrogen-bond donors (Lipinski definition) is 1. The molecule has 25 heavy (non-hydrogen) atoms. The van der Waals surface area contributed by atoms with E-state index in [2.05, 4.69) is 15.3 Å². The number of carbonyl (C=O) groups excluding carboxylic acids is 1. The van der Waals surface area contributed by atoms with Crippen LogP contribution in [-0.2, 0) is 6.54 Å². The van der Waals surface area contributed by atoms with Gasteiger partial charge in [-0.1, -0.05) is 12.1 Å². The minimum absolute atomic E-state index is 0.0443. The van der Waals surface area contributed by atoms with Crippen molar-refractivity contribution in [2.45, 2.75) is 26.8 Å². The van der Waals surface area contributed by atoms with Crippen LogP contribution in [0.25, 0.3) is 10.9 Å². The molecule has 6 heteroatoms. The number of nitrogens with one attached hydrogen (secondary N) is 1. The normalized spacial score (nSPS) is 10.8. The Labute approximate surface area is 145 Å². The molecule has 128 valence electrons. The second-order valence-corrected chi connectivity index (χ2v) is 5.93. The summed E-state index contributed by atoms with van der Waals surface area (Å²) in [5, 5.41) is 3.46. The standard InChI is InChI=1S/C19H20N4O2/c1-13-8-9-15(12-21-13)18(24)20-10-5-11-23-14(2)22-17-7-4-3-6-16(17)19(23)25/h3-4,6-9,12H,5,10-11H2,1-2H3,(H,20,24). The van der Waals surface area contributed by atoms with E-state index in [1.165, 1.54) is 0 Å². The van der Waals surface area contributed by atoms with Crippen LogP contribution < -0.4 is 10.9 Å². The van der Waals surface area contributed by atoms with Crippen molar-refractivity contribution in [3.8, 4) is 0 Å². The van der Waals surface area contributed by atoms with Gasteiger partial charge >= 0.3 is 0 Å². The molecule has 0 saturated heterocycles. The molecule has 0 aliphatic heterocycles. The molecule has 1 aromatic carbocycles. The van der Waals surface area contributed by atoms with Gasteiger partial charge in [0.15, 0.2) is 0 Å². The van der Waals surface area contributed by atoms with Crippen molar-refractivity contribution in [3.05, 3.63) is 70.0 Å². The molecule has 6 nitrogen and oxygen atoms in total. The molecule has 0 radical (unpaired) electrons. The lowest BCUT2D eigenvalue weighted by molar-refractivity contribution is 0.0952. The zero-order valence-electron chi connectivity index (χ0n) is 14.3. The second-order valence-electron chi connectivity index (χ2n) is 5.93. The number of pyridine rings is 1. The number of aromatic nitrogens is 3. The summed E-state index contributed by atoms with van der Waals surface area (Å²) in [5.41, 5.74) is 2.07. The number of carbonyl (C=O) groups is 1. The van der Waals surface area contributed by atoms with Crippen molar-refractivity contribution in [2.75, 3.05) is 6.54 Å². The van der Waals surface area contributed by atoms with E-state index in [1.54, 1.807) is 29.0 Å². The van der Waals surface area contributed by atoms with E-state index in [9.17, 15) is 9.59 Å². The summed E-state index contributed by atoms with van der Waals surface area (Å²) >= 11 is 0. The average Bonchev–Trinajstić information content (AvgIpc) is 2.61. The van der Waals surface area contributed by atoms with Gasteiger partial charge in [-0.15, -0.1) is 0 Å². The van der Waals surface area contributed by atoms with E-state index < -0.39 is 0 Å². The van der Waals surface area contributed by atoms with Crippen LogP contribution in [0.4, 0.5) is 0 Å². The molecule has 3 rings (SSSR count). The van der Waals surface area contributed by atoms with E-state index >= 15 is 0 Å². The molecule has 0 atom stereocenters. The van der Waals surface area contributed by atoms with Crippen molar-refractivity contribution >= 4 is 16.8 Å². The maximum absolute atomic E-state index is 12.6. The number of amides is 1. The zero-order chi connectivity index (χ0) is 17.8. The van der Waals surface area contributed by atoms with Crippen molar-refractivity contribution in [2.24, 2.45) is 0 Å². The van der Waals surface area contributed by atoms with Gasteiger partial charge in [-0.25, -0.2) is 4.98 Å². The Morgan fingerprint density at radius 3 is 2.72 bits per heavy atom. The predicted octanol–water partition coefficient (Wildman–Crippen LogP) is 2.23. The summed E-state index contributed by atoms with van der Waals surface area (Å²) in [6.45, 7) is 4.68. The second kappa shape index (κ2) is 7.25. The van der Waals surface area contributed by atoms with Crippen molar-refractivity contribution in [1.82, 2.24) is 19.9 Å². The van der Waals surface area contributed by atoms with Crippen molar-refractivity contribution in [1.29, 1.82) is 0 Å². The Balaban J connectivity index is 1.62. The fourth-order valence-corrected chi connectivity index (χ4v) is 2.69. The fraction of sp³-hybridized carbons (Fsp3) is 0.263. The third kappa shape index (κ3) is 3.74. The summed E-state index contributed by atoms with van der Waals surface area (Å²) in [4.78, 5) is 33.2. The lowest BCUT2D eigenvalue weighted by atomic mass is 10.2. The van der Waals surface area contributed by atoms with Gasteiger partial charge in [-0.2, -0.15) is 0 Å². The first-order chi connectivity index (χ1) is 12.1. The van der Waals surface area contributed by atoms with Crippen LogP contribution in [0.2, 0.25) is 0 Å². The van der Waals surface area contributed by atoms with Gasteiger partial charge < -0.3 is 5.32 Å². The molecular weight excluding hydrogens is 316 g/mol. The van der Waals surface area contributed by atoms with E-state index in [0.29, 0.717) is 41.8 Å². The lowest BCUT2D eigenvalue weighted by Gasteiger charge is -2.11. The molecule has 2 aromatic heterocycles. The first-order valence-corrected chi connectivity index (χ1v) is 8.23. The number of rotatable bonds is 5. The van der Waals surface area contributed by atoms with Gasteiger partial charge in [-0.3, -0.25) is 19.1 Å². The summed E-state index contributed by atoms with van der Waals surface area (Å²) < 4.78 is 1.65. The fourth-order valence-electron chi connectivity index (χ4n) is 2.69. The maximum atomic E-state index is 12.6. The molecule has 0 unspecified atom stereocenters. The SMILES string of the molecule is Cc1ccc(C(=O)NCCCn2c(C)nc3ccccc3c2=O)cn1. The molecule has 0 saturated carbocycles. The van der Waals surface area contributed by atoms with Crippen LogP contribution in [0.3, 0.4) is 0 Å². The van der Waals surface area contributed by atoms with Crippen LogP contribution in [-0.4, -0.2) is 27.0 Å². The average molecular weight is 336 g/mol. The third-order valence-electron chi connectivity index (χ3n) is 4.07. The van der Waals surface area contributed by atoms with Gasteiger partial charge in [0.2, 0.25) is 0 Å². The predicted molar refractivity (Wildman–Crippen MR) is 96.7 cm³/mol.